The third-order valence-corrected chi connectivity index (χ3v) is 1.99. The van der Waals surface area contributed by atoms with E-state index in [4.69, 9.17) is 9.47 Å². The molecule has 0 aliphatic heterocycles. The van der Waals surface area contributed by atoms with E-state index in [1.54, 1.807) is 0 Å². The smallest absolute Gasteiger partial charge is 0.169 e. The van der Waals surface area contributed by atoms with Gasteiger partial charge in [-0.25, -0.2) is 0 Å². The van der Waals surface area contributed by atoms with E-state index in [9.17, 15) is 0 Å². The van der Waals surface area contributed by atoms with Gasteiger partial charge in [0, 0.05) is 38.2 Å². The van der Waals surface area contributed by atoms with Gasteiger partial charge in [0.1, 0.15) is 0 Å². The fraction of sp³-hybridized carbons (Fsp3) is 0.636. The molecule has 0 radical (unpaired) electrons. The maximum absolute atomic E-state index is 5.41. The van der Waals surface area contributed by atoms with E-state index in [2.05, 4.69) is 10.3 Å². The predicted molar refractivity (Wildman–Crippen MR) is 59.5 cm³/mol. The summed E-state index contributed by atoms with van der Waals surface area (Å²) in [6, 6.07) is 4.03. The Morgan fingerprint density at radius 1 is 1.33 bits per heavy atom. The van der Waals surface area contributed by atoms with Gasteiger partial charge in [-0.1, -0.05) is 0 Å². The summed E-state index contributed by atoms with van der Waals surface area (Å²) in [5.41, 5.74) is 1.17. The van der Waals surface area contributed by atoms with Crippen molar-refractivity contribution in [3.05, 3.63) is 24.0 Å². The highest BCUT2D eigenvalue weighted by Crippen LogP contribution is 1.96. The minimum Gasteiger partial charge on any atom is -0.364 e. The Morgan fingerprint density at radius 2 is 2.07 bits per heavy atom. The largest absolute Gasteiger partial charge is 0.364 e. The molecular weight excluding hydrogens is 192 g/mol. The fourth-order valence-corrected chi connectivity index (χ4v) is 1.34. The molecule has 1 rings (SSSR count). The molecule has 0 saturated carbocycles. The van der Waals surface area contributed by atoms with Crippen LogP contribution in [0.25, 0.3) is 0 Å². The van der Waals surface area contributed by atoms with Crippen molar-refractivity contribution in [1.82, 2.24) is 10.3 Å². The number of ether oxygens (including phenoxy) is 2. The highest BCUT2D eigenvalue weighted by molar-refractivity contribution is 5.02. The maximum atomic E-state index is 5.41. The third-order valence-electron chi connectivity index (χ3n) is 1.99. The van der Waals surface area contributed by atoms with Crippen molar-refractivity contribution in [3.8, 4) is 0 Å². The summed E-state index contributed by atoms with van der Waals surface area (Å²) in [7, 11) is 0. The van der Waals surface area contributed by atoms with Crippen LogP contribution in [0, 0.1) is 0 Å². The number of hydrogen-bond donors (Lipinski definition) is 2. The molecule has 4 nitrogen and oxygen atoms in total. The first kappa shape index (κ1) is 12.2. The number of aromatic amines is 1. The van der Waals surface area contributed by atoms with Gasteiger partial charge in [0.2, 0.25) is 0 Å². The topological polar surface area (TPSA) is 46.3 Å². The predicted octanol–water partition coefficient (Wildman–Crippen LogP) is 1.50. The molecule has 0 spiro atoms. The second-order valence-corrected chi connectivity index (χ2v) is 3.17. The Balaban J connectivity index is 2.15. The van der Waals surface area contributed by atoms with Crippen molar-refractivity contribution in [2.24, 2.45) is 0 Å². The molecule has 1 aromatic heterocycles. The van der Waals surface area contributed by atoms with Crippen LogP contribution in [0.2, 0.25) is 0 Å². The van der Waals surface area contributed by atoms with Crippen molar-refractivity contribution < 1.29 is 9.47 Å². The van der Waals surface area contributed by atoms with Crippen LogP contribution < -0.4 is 5.32 Å². The van der Waals surface area contributed by atoms with Gasteiger partial charge in [0.05, 0.1) is 0 Å². The molecule has 86 valence electrons. The normalized spacial score (nSPS) is 11.1. The highest BCUT2D eigenvalue weighted by Gasteiger charge is 2.06. The maximum Gasteiger partial charge on any atom is 0.169 e. The SMILES string of the molecule is CCOC(CNCc1ccc[nH]1)OCC. The quantitative estimate of drug-likeness (QED) is 0.642. The molecule has 1 heterocycles. The van der Waals surface area contributed by atoms with E-state index < -0.39 is 0 Å². The fourth-order valence-electron chi connectivity index (χ4n) is 1.34. The van der Waals surface area contributed by atoms with Gasteiger partial charge in [-0.15, -0.1) is 0 Å². The van der Waals surface area contributed by atoms with E-state index in [1.165, 1.54) is 5.69 Å². The second kappa shape index (κ2) is 7.45. The Hall–Kier alpha value is -0.840. The van der Waals surface area contributed by atoms with Crippen LogP contribution in [0.5, 0.6) is 0 Å². The van der Waals surface area contributed by atoms with Crippen molar-refractivity contribution in [3.63, 3.8) is 0 Å². The molecule has 0 aliphatic rings. The van der Waals surface area contributed by atoms with Crippen LogP contribution in [0.15, 0.2) is 18.3 Å². The first-order valence-electron chi connectivity index (χ1n) is 5.43. The van der Waals surface area contributed by atoms with Crippen LogP contribution in [-0.4, -0.2) is 31.0 Å². The van der Waals surface area contributed by atoms with Crippen molar-refractivity contribution in [1.29, 1.82) is 0 Å². The van der Waals surface area contributed by atoms with Gasteiger partial charge in [-0.05, 0) is 26.0 Å². The molecule has 0 fully saturated rings. The number of nitrogens with one attached hydrogen (secondary N) is 2. The van der Waals surface area contributed by atoms with Crippen LogP contribution in [0.1, 0.15) is 19.5 Å². The number of aromatic nitrogens is 1. The molecule has 0 amide bonds. The number of hydrogen-bond acceptors (Lipinski definition) is 3. The van der Waals surface area contributed by atoms with E-state index in [0.29, 0.717) is 19.8 Å². The van der Waals surface area contributed by atoms with Gasteiger partial charge < -0.3 is 19.8 Å². The first-order chi connectivity index (χ1) is 7.36. The average Bonchev–Trinajstić information content (AvgIpc) is 2.71. The van der Waals surface area contributed by atoms with Gasteiger partial charge in [0.15, 0.2) is 6.29 Å². The van der Waals surface area contributed by atoms with Crippen LogP contribution in [-0.2, 0) is 16.0 Å². The zero-order valence-electron chi connectivity index (χ0n) is 9.45. The van der Waals surface area contributed by atoms with Gasteiger partial charge >= 0.3 is 0 Å². The monoisotopic (exact) mass is 212 g/mol. The molecule has 0 bridgehead atoms. The summed E-state index contributed by atoms with van der Waals surface area (Å²) < 4.78 is 10.8. The Bertz CT molecular complexity index is 231. The summed E-state index contributed by atoms with van der Waals surface area (Å²) in [6.45, 7) is 6.81. The standard InChI is InChI=1S/C11H20N2O2/c1-3-14-11(15-4-2)9-12-8-10-6-5-7-13-10/h5-7,11-13H,3-4,8-9H2,1-2H3. The zero-order valence-corrected chi connectivity index (χ0v) is 9.45. The number of H-pyrrole nitrogens is 1. The van der Waals surface area contributed by atoms with Crippen LogP contribution in [0.4, 0.5) is 0 Å². The lowest BCUT2D eigenvalue weighted by Crippen LogP contribution is -2.31. The minimum atomic E-state index is -0.144. The summed E-state index contributed by atoms with van der Waals surface area (Å²) >= 11 is 0. The summed E-state index contributed by atoms with van der Waals surface area (Å²) in [5.74, 6) is 0. The lowest BCUT2D eigenvalue weighted by molar-refractivity contribution is -0.133. The van der Waals surface area contributed by atoms with E-state index in [0.717, 1.165) is 6.54 Å². The van der Waals surface area contributed by atoms with Crippen molar-refractivity contribution >= 4 is 0 Å². The Labute approximate surface area is 91.0 Å². The molecule has 0 aromatic carbocycles. The Morgan fingerprint density at radius 3 is 2.60 bits per heavy atom. The molecule has 15 heavy (non-hydrogen) atoms. The average molecular weight is 212 g/mol. The molecule has 0 aliphatic carbocycles. The van der Waals surface area contributed by atoms with Gasteiger partial charge in [-0.3, -0.25) is 0 Å². The van der Waals surface area contributed by atoms with Crippen LogP contribution >= 0.6 is 0 Å². The molecule has 0 unspecified atom stereocenters. The summed E-state index contributed by atoms with van der Waals surface area (Å²) in [6.07, 6.45) is 1.77. The van der Waals surface area contributed by atoms with E-state index >= 15 is 0 Å². The first-order valence-corrected chi connectivity index (χ1v) is 5.43. The molecule has 0 saturated heterocycles. The third kappa shape index (κ3) is 4.97. The summed E-state index contributed by atoms with van der Waals surface area (Å²) in [4.78, 5) is 3.13. The minimum absolute atomic E-state index is 0.144. The highest BCUT2D eigenvalue weighted by atomic mass is 16.7. The van der Waals surface area contributed by atoms with E-state index in [1.807, 2.05) is 32.2 Å². The van der Waals surface area contributed by atoms with E-state index in [-0.39, 0.29) is 6.29 Å². The van der Waals surface area contributed by atoms with Crippen molar-refractivity contribution in [2.45, 2.75) is 26.7 Å². The summed E-state index contributed by atoms with van der Waals surface area (Å²) in [5, 5.41) is 3.28. The molecule has 2 N–H and O–H groups in total. The van der Waals surface area contributed by atoms with Crippen molar-refractivity contribution in [2.75, 3.05) is 19.8 Å². The van der Waals surface area contributed by atoms with Gasteiger partial charge in [-0.2, -0.15) is 0 Å². The van der Waals surface area contributed by atoms with Crippen LogP contribution in [0.3, 0.4) is 0 Å². The number of rotatable bonds is 8. The lowest BCUT2D eigenvalue weighted by Gasteiger charge is -2.17. The molecular formula is C11H20N2O2. The molecule has 4 heteroatoms. The zero-order chi connectivity index (χ0) is 10.9. The lowest BCUT2D eigenvalue weighted by atomic mass is 10.4. The van der Waals surface area contributed by atoms with Gasteiger partial charge in [0.25, 0.3) is 0 Å². The molecule has 1 aromatic rings. The Kier molecular flexibility index (Phi) is 6.08. The second-order valence-electron chi connectivity index (χ2n) is 3.17. The molecule has 0 atom stereocenters.